The lowest BCUT2D eigenvalue weighted by Gasteiger charge is -2.28. The predicted molar refractivity (Wildman–Crippen MR) is 75.7 cm³/mol. The second kappa shape index (κ2) is 4.41. The molecule has 1 aromatic heterocycles. The van der Waals surface area contributed by atoms with Crippen LogP contribution in [0.3, 0.4) is 0 Å². The molecule has 0 aliphatic carbocycles. The van der Waals surface area contributed by atoms with Gasteiger partial charge in [0.2, 0.25) is 0 Å². The fraction of sp³-hybridized carbons (Fsp3) is 0.467. The van der Waals surface area contributed by atoms with Gasteiger partial charge in [0.1, 0.15) is 0 Å². The minimum atomic E-state index is 0.748. The number of hydrogen-bond acceptors (Lipinski definition) is 2. The van der Waals surface area contributed by atoms with Crippen LogP contribution in [0.1, 0.15) is 16.8 Å². The minimum absolute atomic E-state index is 0.748. The average molecular weight is 243 g/mol. The van der Waals surface area contributed by atoms with Gasteiger partial charge >= 0.3 is 0 Å². The monoisotopic (exact) mass is 243 g/mol. The number of aryl methyl sites for hydroxylation is 2. The topological polar surface area (TPSA) is 34.2 Å². The summed E-state index contributed by atoms with van der Waals surface area (Å²) in [7, 11) is 0. The van der Waals surface area contributed by atoms with E-state index in [1.807, 2.05) is 0 Å². The molecule has 3 heteroatoms. The van der Waals surface area contributed by atoms with Crippen LogP contribution in [0, 0.1) is 13.8 Å². The van der Waals surface area contributed by atoms with E-state index < -0.39 is 0 Å². The highest BCUT2D eigenvalue weighted by atomic mass is 15.2. The molecule has 2 aromatic rings. The molecule has 3 rings (SSSR count). The maximum absolute atomic E-state index is 5.65. The van der Waals surface area contributed by atoms with Crippen LogP contribution in [-0.4, -0.2) is 29.1 Å². The molecular formula is C15H21N3. The van der Waals surface area contributed by atoms with Crippen LogP contribution in [0.2, 0.25) is 0 Å². The van der Waals surface area contributed by atoms with Crippen molar-refractivity contribution in [1.29, 1.82) is 0 Å². The molecule has 1 aromatic carbocycles. The summed E-state index contributed by atoms with van der Waals surface area (Å²) in [6, 6.07) is 6.81. The molecule has 0 fully saturated rings. The summed E-state index contributed by atoms with van der Waals surface area (Å²) in [4.78, 5) is 2.44. The molecule has 96 valence electrons. The zero-order valence-electron chi connectivity index (χ0n) is 11.2. The Morgan fingerprint density at radius 2 is 2.06 bits per heavy atom. The Morgan fingerprint density at radius 3 is 2.83 bits per heavy atom. The van der Waals surface area contributed by atoms with E-state index >= 15 is 0 Å². The first-order valence-corrected chi connectivity index (χ1v) is 6.71. The largest absolute Gasteiger partial charge is 0.342 e. The van der Waals surface area contributed by atoms with E-state index in [0.29, 0.717) is 0 Å². The number of hydrogen-bond donors (Lipinski definition) is 1. The summed E-state index contributed by atoms with van der Waals surface area (Å²) in [6.45, 7) is 9.40. The third-order valence-electron chi connectivity index (χ3n) is 4.14. The Labute approximate surface area is 108 Å². The fourth-order valence-corrected chi connectivity index (χ4v) is 3.01. The van der Waals surface area contributed by atoms with Crippen LogP contribution in [0.4, 0.5) is 0 Å². The van der Waals surface area contributed by atoms with Crippen molar-refractivity contribution >= 4 is 10.9 Å². The number of nitrogens with zero attached hydrogens (tertiary/aromatic N) is 2. The van der Waals surface area contributed by atoms with Crippen molar-refractivity contribution in [3.05, 3.63) is 35.0 Å². The van der Waals surface area contributed by atoms with Crippen molar-refractivity contribution < 1.29 is 0 Å². The normalized spacial score (nSPS) is 16.2. The first kappa shape index (κ1) is 11.8. The third kappa shape index (κ3) is 1.74. The van der Waals surface area contributed by atoms with E-state index in [1.54, 1.807) is 0 Å². The highest BCUT2D eigenvalue weighted by molar-refractivity contribution is 5.85. The molecule has 0 amide bonds. The molecule has 0 atom stereocenters. The van der Waals surface area contributed by atoms with Gasteiger partial charge in [-0.2, -0.15) is 0 Å². The molecule has 0 spiro atoms. The van der Waals surface area contributed by atoms with Gasteiger partial charge in [0.15, 0.2) is 0 Å². The summed E-state index contributed by atoms with van der Waals surface area (Å²) in [5.41, 5.74) is 11.3. The highest BCUT2D eigenvalue weighted by Gasteiger charge is 2.19. The third-order valence-corrected chi connectivity index (χ3v) is 4.14. The molecule has 3 nitrogen and oxygen atoms in total. The molecular weight excluding hydrogens is 222 g/mol. The van der Waals surface area contributed by atoms with Gasteiger partial charge in [-0.05, 0) is 31.0 Å². The Morgan fingerprint density at radius 1 is 1.22 bits per heavy atom. The first-order valence-electron chi connectivity index (χ1n) is 6.71. The van der Waals surface area contributed by atoms with Crippen molar-refractivity contribution in [2.75, 3.05) is 19.6 Å². The lowest BCUT2D eigenvalue weighted by Crippen LogP contribution is -2.36. The molecule has 0 bridgehead atoms. The maximum atomic E-state index is 5.65. The average Bonchev–Trinajstić information content (AvgIpc) is 2.72. The second-order valence-electron chi connectivity index (χ2n) is 5.30. The van der Waals surface area contributed by atoms with Gasteiger partial charge in [0, 0.05) is 43.8 Å². The molecule has 0 saturated carbocycles. The lowest BCUT2D eigenvalue weighted by molar-refractivity contribution is 0.229. The molecule has 2 heterocycles. The van der Waals surface area contributed by atoms with E-state index in [1.165, 1.54) is 27.7 Å². The van der Waals surface area contributed by atoms with Gasteiger partial charge in [0.25, 0.3) is 0 Å². The van der Waals surface area contributed by atoms with Crippen LogP contribution in [-0.2, 0) is 13.1 Å². The van der Waals surface area contributed by atoms with Crippen LogP contribution in [0.5, 0.6) is 0 Å². The summed E-state index contributed by atoms with van der Waals surface area (Å²) in [5.74, 6) is 0. The lowest BCUT2D eigenvalue weighted by atomic mass is 10.1. The standard InChI is InChI=1S/C15H21N3/c1-11-3-4-13-9-14-10-17(6-5-16)7-8-18(14)15(13)12(11)2/h3-4,9H,5-8,10,16H2,1-2H3. The summed E-state index contributed by atoms with van der Waals surface area (Å²) < 4.78 is 2.49. The predicted octanol–water partition coefficient (Wildman–Crippen LogP) is 2.03. The van der Waals surface area contributed by atoms with Gasteiger partial charge < -0.3 is 10.3 Å². The van der Waals surface area contributed by atoms with Gasteiger partial charge in [-0.1, -0.05) is 12.1 Å². The van der Waals surface area contributed by atoms with Gasteiger partial charge in [-0.15, -0.1) is 0 Å². The number of nitrogens with two attached hydrogens (primary N) is 1. The SMILES string of the molecule is Cc1ccc2cc3n(c2c1C)CCN(CCN)C3. The van der Waals surface area contributed by atoms with Crippen molar-refractivity contribution in [3.8, 4) is 0 Å². The summed E-state index contributed by atoms with van der Waals surface area (Å²) >= 11 is 0. The summed E-state index contributed by atoms with van der Waals surface area (Å²) in [6.07, 6.45) is 0. The Hall–Kier alpha value is -1.32. The Balaban J connectivity index is 2.08. The molecule has 2 N–H and O–H groups in total. The number of aromatic nitrogens is 1. The first-order chi connectivity index (χ1) is 8.70. The molecule has 0 saturated heterocycles. The quantitative estimate of drug-likeness (QED) is 0.875. The number of fused-ring (bicyclic) bond motifs is 3. The molecule has 18 heavy (non-hydrogen) atoms. The molecule has 0 radical (unpaired) electrons. The van der Waals surface area contributed by atoms with Crippen LogP contribution < -0.4 is 5.73 Å². The van der Waals surface area contributed by atoms with E-state index in [-0.39, 0.29) is 0 Å². The second-order valence-corrected chi connectivity index (χ2v) is 5.30. The van der Waals surface area contributed by atoms with E-state index in [0.717, 1.165) is 32.7 Å². The van der Waals surface area contributed by atoms with E-state index in [9.17, 15) is 0 Å². The maximum Gasteiger partial charge on any atom is 0.0515 e. The fourth-order valence-electron chi connectivity index (χ4n) is 3.01. The van der Waals surface area contributed by atoms with Gasteiger partial charge in [-0.25, -0.2) is 0 Å². The zero-order valence-corrected chi connectivity index (χ0v) is 11.2. The van der Waals surface area contributed by atoms with E-state index in [2.05, 4.69) is 41.5 Å². The molecule has 0 unspecified atom stereocenters. The van der Waals surface area contributed by atoms with Crippen LogP contribution in [0.15, 0.2) is 18.2 Å². The Bertz CT molecular complexity index is 583. The smallest absolute Gasteiger partial charge is 0.0515 e. The van der Waals surface area contributed by atoms with Gasteiger partial charge in [-0.3, -0.25) is 4.90 Å². The van der Waals surface area contributed by atoms with E-state index in [4.69, 9.17) is 5.73 Å². The Kier molecular flexibility index (Phi) is 2.88. The van der Waals surface area contributed by atoms with Crippen LogP contribution in [0.25, 0.3) is 10.9 Å². The number of benzene rings is 1. The highest BCUT2D eigenvalue weighted by Crippen LogP contribution is 2.28. The zero-order chi connectivity index (χ0) is 12.7. The van der Waals surface area contributed by atoms with Crippen molar-refractivity contribution in [1.82, 2.24) is 9.47 Å². The molecule has 1 aliphatic heterocycles. The summed E-state index contributed by atoms with van der Waals surface area (Å²) in [5, 5.41) is 1.38. The van der Waals surface area contributed by atoms with Crippen LogP contribution >= 0.6 is 0 Å². The van der Waals surface area contributed by atoms with Gasteiger partial charge in [0.05, 0.1) is 5.52 Å². The number of rotatable bonds is 2. The minimum Gasteiger partial charge on any atom is -0.342 e. The van der Waals surface area contributed by atoms with Crippen molar-refractivity contribution in [2.45, 2.75) is 26.9 Å². The van der Waals surface area contributed by atoms with Crippen molar-refractivity contribution in [3.63, 3.8) is 0 Å². The molecule has 1 aliphatic rings. The van der Waals surface area contributed by atoms with Crippen molar-refractivity contribution in [2.24, 2.45) is 5.73 Å².